The summed E-state index contributed by atoms with van der Waals surface area (Å²) in [5, 5.41) is 3.41. The number of halogens is 1. The SMILES string of the molecule is CCCCI.CCCCN(N)c1nc2ccccc2s1.NNc1nc2ccccc2s1. The van der Waals surface area contributed by atoms with Crippen LogP contribution in [0.1, 0.15) is 39.5 Å². The van der Waals surface area contributed by atoms with E-state index in [1.807, 2.05) is 42.5 Å². The molecule has 6 nitrogen and oxygen atoms in total. The standard InChI is InChI=1S/C11H15N3S.C7H7N3S.C4H9I/c1-2-3-8-14(12)11-13-9-6-4-5-7-10(9)15-11;8-10-7-9-5-3-1-2-4-6(5)11-7;1-2-3-4-5/h4-7H,2-3,8,12H2,1H3;1-4H,8H2,(H,9,10);2-4H2,1H3. The van der Waals surface area contributed by atoms with Gasteiger partial charge in [-0.05, 0) is 41.5 Å². The number of nitrogens with one attached hydrogen (secondary N) is 1. The van der Waals surface area contributed by atoms with Crippen LogP contribution in [0, 0.1) is 0 Å². The van der Waals surface area contributed by atoms with Crippen LogP contribution in [0.15, 0.2) is 48.5 Å². The third-order valence-corrected chi connectivity index (χ3v) is 6.99. The number of para-hydroxylation sites is 2. The first-order chi connectivity index (χ1) is 15.1. The Bertz CT molecular complexity index is 951. The lowest BCUT2D eigenvalue weighted by atomic mass is 10.3. The minimum absolute atomic E-state index is 0.756. The van der Waals surface area contributed by atoms with Crippen LogP contribution in [-0.2, 0) is 0 Å². The second-order valence-electron chi connectivity index (χ2n) is 6.68. The highest BCUT2D eigenvalue weighted by molar-refractivity contribution is 14.1. The van der Waals surface area contributed by atoms with Crippen LogP contribution in [0.3, 0.4) is 0 Å². The molecule has 9 heteroatoms. The summed E-state index contributed by atoms with van der Waals surface area (Å²) in [7, 11) is 0. The van der Waals surface area contributed by atoms with E-state index < -0.39 is 0 Å². The molecule has 168 valence electrons. The highest BCUT2D eigenvalue weighted by Crippen LogP contribution is 2.27. The molecule has 0 aliphatic rings. The van der Waals surface area contributed by atoms with Crippen LogP contribution in [0.2, 0.25) is 0 Å². The van der Waals surface area contributed by atoms with Crippen LogP contribution < -0.4 is 22.1 Å². The van der Waals surface area contributed by atoms with Gasteiger partial charge in [-0.15, -0.1) is 0 Å². The summed E-state index contributed by atoms with van der Waals surface area (Å²) < 4.78 is 3.66. The Labute approximate surface area is 206 Å². The van der Waals surface area contributed by atoms with Crippen molar-refractivity contribution in [2.45, 2.75) is 39.5 Å². The van der Waals surface area contributed by atoms with Gasteiger partial charge in [0, 0.05) is 6.54 Å². The van der Waals surface area contributed by atoms with Gasteiger partial charge in [-0.3, -0.25) is 10.4 Å². The summed E-state index contributed by atoms with van der Waals surface area (Å²) >= 11 is 5.58. The Morgan fingerprint density at radius 1 is 0.903 bits per heavy atom. The lowest BCUT2D eigenvalue weighted by Crippen LogP contribution is -2.31. The van der Waals surface area contributed by atoms with Gasteiger partial charge in [-0.2, -0.15) is 0 Å². The van der Waals surface area contributed by atoms with Gasteiger partial charge < -0.3 is 0 Å². The molecule has 5 N–H and O–H groups in total. The zero-order chi connectivity index (χ0) is 22.5. The largest absolute Gasteiger partial charge is 0.300 e. The van der Waals surface area contributed by atoms with E-state index in [1.54, 1.807) is 27.7 Å². The summed E-state index contributed by atoms with van der Waals surface area (Å²) in [6.07, 6.45) is 4.97. The lowest BCUT2D eigenvalue weighted by molar-refractivity contribution is 0.737. The number of unbranched alkanes of at least 4 members (excludes halogenated alkanes) is 2. The molecule has 0 radical (unpaired) electrons. The smallest absolute Gasteiger partial charge is 0.200 e. The Morgan fingerprint density at radius 2 is 1.48 bits per heavy atom. The summed E-state index contributed by atoms with van der Waals surface area (Å²) in [5.74, 6) is 11.1. The molecule has 2 heterocycles. The maximum Gasteiger partial charge on any atom is 0.200 e. The average Bonchev–Trinajstić information content (AvgIpc) is 3.42. The number of hydrazine groups is 2. The molecule has 0 spiro atoms. The van der Waals surface area contributed by atoms with Gasteiger partial charge >= 0.3 is 0 Å². The molecule has 0 aliphatic carbocycles. The molecule has 0 fully saturated rings. The molecule has 31 heavy (non-hydrogen) atoms. The minimum atomic E-state index is 0.756. The maximum atomic E-state index is 5.93. The van der Waals surface area contributed by atoms with Crippen molar-refractivity contribution in [1.29, 1.82) is 0 Å². The molecule has 2 aromatic heterocycles. The number of benzene rings is 2. The van der Waals surface area contributed by atoms with Crippen molar-refractivity contribution in [3.05, 3.63) is 48.5 Å². The monoisotopic (exact) mass is 570 g/mol. The number of thiazole rings is 2. The van der Waals surface area contributed by atoms with Gasteiger partial charge in [-0.25, -0.2) is 21.7 Å². The predicted molar refractivity (Wildman–Crippen MR) is 147 cm³/mol. The van der Waals surface area contributed by atoms with Crippen LogP contribution in [0.4, 0.5) is 10.3 Å². The maximum absolute atomic E-state index is 5.93. The first-order valence-corrected chi connectivity index (χ1v) is 13.5. The minimum Gasteiger partial charge on any atom is -0.300 e. The van der Waals surface area contributed by atoms with E-state index in [0.29, 0.717) is 0 Å². The van der Waals surface area contributed by atoms with Crippen molar-refractivity contribution in [3.63, 3.8) is 0 Å². The van der Waals surface area contributed by atoms with Crippen molar-refractivity contribution in [1.82, 2.24) is 9.97 Å². The molecule has 0 aliphatic heterocycles. The summed E-state index contributed by atoms with van der Waals surface area (Å²) in [6, 6.07) is 16.0. The lowest BCUT2D eigenvalue weighted by Gasteiger charge is -2.13. The van der Waals surface area contributed by atoms with Gasteiger partial charge in [0.1, 0.15) is 0 Å². The quantitative estimate of drug-likeness (QED) is 0.101. The number of fused-ring (bicyclic) bond motifs is 2. The Hall–Kier alpha value is -1.53. The number of rotatable bonds is 7. The summed E-state index contributed by atoms with van der Waals surface area (Å²) in [5.41, 5.74) is 4.55. The van der Waals surface area contributed by atoms with Crippen LogP contribution >= 0.6 is 45.3 Å². The first kappa shape index (κ1) is 25.7. The van der Waals surface area contributed by atoms with Crippen LogP contribution in [0.25, 0.3) is 20.4 Å². The fraction of sp³-hybridized carbons (Fsp3) is 0.364. The molecule has 4 aromatic rings. The molecular formula is C22H31IN6S2. The van der Waals surface area contributed by atoms with E-state index in [2.05, 4.69) is 57.9 Å². The number of nitrogens with zero attached hydrogens (tertiary/aromatic N) is 3. The normalized spacial score (nSPS) is 10.2. The third kappa shape index (κ3) is 8.49. The fourth-order valence-corrected chi connectivity index (χ4v) is 4.93. The molecule has 0 bridgehead atoms. The molecule has 0 unspecified atom stereocenters. The van der Waals surface area contributed by atoms with Crippen LogP contribution in [-0.4, -0.2) is 20.9 Å². The molecule has 2 aromatic carbocycles. The predicted octanol–water partition coefficient (Wildman–Crippen LogP) is 6.58. The first-order valence-electron chi connectivity index (χ1n) is 10.4. The zero-order valence-corrected chi connectivity index (χ0v) is 21.8. The van der Waals surface area contributed by atoms with E-state index in [-0.39, 0.29) is 0 Å². The number of alkyl halides is 1. The Balaban J connectivity index is 0.000000187. The number of aromatic nitrogens is 2. The van der Waals surface area contributed by atoms with Crippen molar-refractivity contribution in [2.75, 3.05) is 21.4 Å². The van der Waals surface area contributed by atoms with E-state index in [0.717, 1.165) is 45.4 Å². The highest BCUT2D eigenvalue weighted by atomic mass is 127. The molecule has 0 saturated carbocycles. The van der Waals surface area contributed by atoms with E-state index in [1.165, 1.54) is 22.0 Å². The topological polar surface area (TPSA) is 93.1 Å². The second kappa shape index (κ2) is 14.5. The van der Waals surface area contributed by atoms with E-state index >= 15 is 0 Å². The summed E-state index contributed by atoms with van der Waals surface area (Å²) in [6.45, 7) is 5.24. The molecule has 4 rings (SSSR count). The number of anilines is 2. The number of hydrogen-bond acceptors (Lipinski definition) is 8. The van der Waals surface area contributed by atoms with E-state index in [9.17, 15) is 0 Å². The van der Waals surface area contributed by atoms with Crippen molar-refractivity contribution < 1.29 is 0 Å². The van der Waals surface area contributed by atoms with E-state index in [4.69, 9.17) is 11.7 Å². The summed E-state index contributed by atoms with van der Waals surface area (Å²) in [4.78, 5) is 8.70. The molecule has 0 amide bonds. The van der Waals surface area contributed by atoms with Gasteiger partial charge in [0.05, 0.1) is 20.4 Å². The Morgan fingerprint density at radius 3 is 1.97 bits per heavy atom. The van der Waals surface area contributed by atoms with Crippen molar-refractivity contribution in [2.24, 2.45) is 11.7 Å². The van der Waals surface area contributed by atoms with Crippen molar-refractivity contribution >= 4 is 76.0 Å². The molecule has 0 saturated heterocycles. The number of hydrogen-bond donors (Lipinski definition) is 3. The van der Waals surface area contributed by atoms with Crippen molar-refractivity contribution in [3.8, 4) is 0 Å². The molecular weight excluding hydrogens is 539 g/mol. The fourth-order valence-electron chi connectivity index (χ4n) is 2.47. The highest BCUT2D eigenvalue weighted by Gasteiger charge is 2.07. The Kier molecular flexibility index (Phi) is 12.0. The number of nitrogen functional groups attached to an aromatic ring is 1. The van der Waals surface area contributed by atoms with Gasteiger partial charge in [0.25, 0.3) is 0 Å². The molecule has 0 atom stereocenters. The zero-order valence-electron chi connectivity index (χ0n) is 18.1. The second-order valence-corrected chi connectivity index (χ2v) is 9.80. The number of nitrogens with two attached hydrogens (primary N) is 2. The van der Waals surface area contributed by atoms with Gasteiger partial charge in [0.2, 0.25) is 5.13 Å². The van der Waals surface area contributed by atoms with Gasteiger partial charge in [-0.1, -0.05) is 96.2 Å². The third-order valence-electron chi connectivity index (χ3n) is 4.19. The van der Waals surface area contributed by atoms with Crippen LogP contribution in [0.5, 0.6) is 0 Å². The van der Waals surface area contributed by atoms with Gasteiger partial charge in [0.15, 0.2) is 5.13 Å². The average molecular weight is 571 g/mol.